The van der Waals surface area contributed by atoms with Crippen molar-refractivity contribution in [2.24, 2.45) is 0 Å². The molecule has 1 aromatic carbocycles. The molecule has 0 saturated heterocycles. The summed E-state index contributed by atoms with van der Waals surface area (Å²) in [7, 11) is 5.60. The highest BCUT2D eigenvalue weighted by Gasteiger charge is 2.06. The summed E-state index contributed by atoms with van der Waals surface area (Å²) in [6.45, 7) is 0.919. The minimum Gasteiger partial charge on any atom is -0.497 e. The lowest BCUT2D eigenvalue weighted by atomic mass is 10.1. The highest BCUT2D eigenvalue weighted by atomic mass is 16.5. The Morgan fingerprint density at radius 1 is 1.21 bits per heavy atom. The van der Waals surface area contributed by atoms with E-state index in [1.807, 2.05) is 26.2 Å². The standard InChI is InChI=1S/C11H18N2O/c1-12-8-11(13-2)9-4-6-10(14-3)7-5-9/h4-7,11-13H,8H2,1-3H3. The Kier molecular flexibility index (Phi) is 4.43. The fourth-order valence-electron chi connectivity index (χ4n) is 1.43. The molecule has 0 aliphatic carbocycles. The van der Waals surface area contributed by atoms with E-state index in [2.05, 4.69) is 22.8 Å². The zero-order valence-electron chi connectivity index (χ0n) is 9.00. The van der Waals surface area contributed by atoms with Crippen molar-refractivity contribution in [1.29, 1.82) is 0 Å². The Hall–Kier alpha value is -1.06. The van der Waals surface area contributed by atoms with Gasteiger partial charge in [0, 0.05) is 12.6 Å². The Bertz CT molecular complexity index is 258. The predicted molar refractivity (Wildman–Crippen MR) is 58.7 cm³/mol. The van der Waals surface area contributed by atoms with Crippen LogP contribution in [-0.2, 0) is 0 Å². The average molecular weight is 194 g/mol. The van der Waals surface area contributed by atoms with Crippen LogP contribution in [0, 0.1) is 0 Å². The molecule has 0 aliphatic heterocycles. The molecule has 2 N–H and O–H groups in total. The fraction of sp³-hybridized carbons (Fsp3) is 0.455. The summed E-state index contributed by atoms with van der Waals surface area (Å²) in [4.78, 5) is 0. The third-order valence-electron chi connectivity index (χ3n) is 2.27. The summed E-state index contributed by atoms with van der Waals surface area (Å²) in [6.07, 6.45) is 0. The SMILES string of the molecule is CNCC(NC)c1ccc(OC)cc1. The molecule has 0 spiro atoms. The van der Waals surface area contributed by atoms with Crippen LogP contribution >= 0.6 is 0 Å². The van der Waals surface area contributed by atoms with Crippen molar-refractivity contribution in [3.05, 3.63) is 29.8 Å². The van der Waals surface area contributed by atoms with Gasteiger partial charge in [-0.2, -0.15) is 0 Å². The second-order valence-electron chi connectivity index (χ2n) is 3.17. The van der Waals surface area contributed by atoms with Crippen molar-refractivity contribution in [2.45, 2.75) is 6.04 Å². The van der Waals surface area contributed by atoms with Crippen molar-refractivity contribution in [1.82, 2.24) is 10.6 Å². The number of rotatable bonds is 5. The van der Waals surface area contributed by atoms with Gasteiger partial charge in [0.25, 0.3) is 0 Å². The first-order chi connectivity index (χ1) is 6.81. The molecule has 1 unspecified atom stereocenters. The first-order valence-corrected chi connectivity index (χ1v) is 4.77. The molecule has 1 rings (SSSR count). The first-order valence-electron chi connectivity index (χ1n) is 4.77. The van der Waals surface area contributed by atoms with Crippen molar-refractivity contribution in [3.8, 4) is 5.75 Å². The Balaban J connectivity index is 2.73. The Morgan fingerprint density at radius 2 is 1.86 bits per heavy atom. The van der Waals surface area contributed by atoms with Crippen LogP contribution in [-0.4, -0.2) is 27.7 Å². The number of likely N-dealkylation sites (N-methyl/N-ethyl adjacent to an activating group) is 2. The highest BCUT2D eigenvalue weighted by molar-refractivity contribution is 5.29. The molecule has 0 aromatic heterocycles. The minimum absolute atomic E-state index is 0.353. The molecule has 1 atom stereocenters. The van der Waals surface area contributed by atoms with Gasteiger partial charge in [0.05, 0.1) is 7.11 Å². The van der Waals surface area contributed by atoms with Crippen LogP contribution in [0.3, 0.4) is 0 Å². The number of hydrogen-bond donors (Lipinski definition) is 2. The lowest BCUT2D eigenvalue weighted by Gasteiger charge is -2.16. The Morgan fingerprint density at radius 3 is 2.29 bits per heavy atom. The summed E-state index contributed by atoms with van der Waals surface area (Å²) in [6, 6.07) is 8.48. The summed E-state index contributed by atoms with van der Waals surface area (Å²) < 4.78 is 5.11. The fourth-order valence-corrected chi connectivity index (χ4v) is 1.43. The number of hydrogen-bond acceptors (Lipinski definition) is 3. The van der Waals surface area contributed by atoms with E-state index in [-0.39, 0.29) is 0 Å². The van der Waals surface area contributed by atoms with Crippen molar-refractivity contribution < 1.29 is 4.74 Å². The smallest absolute Gasteiger partial charge is 0.118 e. The van der Waals surface area contributed by atoms with Gasteiger partial charge in [-0.25, -0.2) is 0 Å². The summed E-state index contributed by atoms with van der Waals surface area (Å²) >= 11 is 0. The van der Waals surface area contributed by atoms with E-state index in [1.165, 1.54) is 5.56 Å². The van der Waals surface area contributed by atoms with Crippen LogP contribution in [0.5, 0.6) is 5.75 Å². The van der Waals surface area contributed by atoms with Crippen LogP contribution in [0.4, 0.5) is 0 Å². The van der Waals surface area contributed by atoms with Crippen LogP contribution in [0.2, 0.25) is 0 Å². The molecule has 0 aliphatic rings. The van der Waals surface area contributed by atoms with Gasteiger partial charge in [-0.3, -0.25) is 0 Å². The molecule has 0 radical (unpaired) electrons. The van der Waals surface area contributed by atoms with E-state index in [1.54, 1.807) is 7.11 Å². The number of benzene rings is 1. The third-order valence-corrected chi connectivity index (χ3v) is 2.27. The lowest BCUT2D eigenvalue weighted by molar-refractivity contribution is 0.414. The molecular formula is C11H18N2O. The molecule has 3 heteroatoms. The van der Waals surface area contributed by atoms with E-state index < -0.39 is 0 Å². The van der Waals surface area contributed by atoms with Crippen LogP contribution in [0.25, 0.3) is 0 Å². The third kappa shape index (κ3) is 2.72. The average Bonchev–Trinajstić information content (AvgIpc) is 2.26. The molecule has 0 heterocycles. The second-order valence-corrected chi connectivity index (χ2v) is 3.17. The van der Waals surface area contributed by atoms with Gasteiger partial charge in [-0.15, -0.1) is 0 Å². The van der Waals surface area contributed by atoms with Crippen LogP contribution < -0.4 is 15.4 Å². The zero-order valence-corrected chi connectivity index (χ0v) is 9.00. The molecule has 0 saturated carbocycles. The van der Waals surface area contributed by atoms with Gasteiger partial charge < -0.3 is 15.4 Å². The summed E-state index contributed by atoms with van der Waals surface area (Å²) in [5.41, 5.74) is 1.27. The van der Waals surface area contributed by atoms with E-state index in [0.29, 0.717) is 6.04 Å². The first kappa shape index (κ1) is 11.0. The van der Waals surface area contributed by atoms with Gasteiger partial charge >= 0.3 is 0 Å². The summed E-state index contributed by atoms with van der Waals surface area (Å²) in [5.74, 6) is 0.896. The van der Waals surface area contributed by atoms with E-state index in [4.69, 9.17) is 4.74 Å². The number of methoxy groups -OCH3 is 1. The zero-order chi connectivity index (χ0) is 10.4. The predicted octanol–water partition coefficient (Wildman–Crippen LogP) is 1.18. The largest absolute Gasteiger partial charge is 0.497 e. The summed E-state index contributed by atoms with van der Waals surface area (Å²) in [5, 5.41) is 6.41. The van der Waals surface area contributed by atoms with Gasteiger partial charge in [-0.05, 0) is 31.8 Å². The van der Waals surface area contributed by atoms with Crippen molar-refractivity contribution >= 4 is 0 Å². The van der Waals surface area contributed by atoms with Crippen LogP contribution in [0.15, 0.2) is 24.3 Å². The number of ether oxygens (including phenoxy) is 1. The Labute approximate surface area is 85.5 Å². The molecule has 14 heavy (non-hydrogen) atoms. The normalized spacial score (nSPS) is 12.5. The molecule has 78 valence electrons. The van der Waals surface area contributed by atoms with Gasteiger partial charge in [0.15, 0.2) is 0 Å². The number of nitrogens with one attached hydrogen (secondary N) is 2. The maximum absolute atomic E-state index is 5.11. The minimum atomic E-state index is 0.353. The second kappa shape index (κ2) is 5.62. The topological polar surface area (TPSA) is 33.3 Å². The molecule has 1 aromatic rings. The van der Waals surface area contributed by atoms with E-state index in [9.17, 15) is 0 Å². The van der Waals surface area contributed by atoms with Gasteiger partial charge in [-0.1, -0.05) is 12.1 Å². The van der Waals surface area contributed by atoms with Crippen LogP contribution in [0.1, 0.15) is 11.6 Å². The van der Waals surface area contributed by atoms with Gasteiger partial charge in [0.2, 0.25) is 0 Å². The van der Waals surface area contributed by atoms with Gasteiger partial charge in [0.1, 0.15) is 5.75 Å². The van der Waals surface area contributed by atoms with E-state index >= 15 is 0 Å². The monoisotopic (exact) mass is 194 g/mol. The molecule has 0 fully saturated rings. The highest BCUT2D eigenvalue weighted by Crippen LogP contribution is 2.16. The maximum atomic E-state index is 5.11. The molecular weight excluding hydrogens is 176 g/mol. The van der Waals surface area contributed by atoms with E-state index in [0.717, 1.165) is 12.3 Å². The molecule has 0 bridgehead atoms. The lowest BCUT2D eigenvalue weighted by Crippen LogP contribution is -2.27. The van der Waals surface area contributed by atoms with Crippen molar-refractivity contribution in [2.75, 3.05) is 27.7 Å². The maximum Gasteiger partial charge on any atom is 0.118 e. The quantitative estimate of drug-likeness (QED) is 0.738. The molecule has 3 nitrogen and oxygen atoms in total. The molecule has 0 amide bonds. The van der Waals surface area contributed by atoms with Crippen molar-refractivity contribution in [3.63, 3.8) is 0 Å².